The number of hydrogen-bond donors (Lipinski definition) is 0. The first-order valence-corrected chi connectivity index (χ1v) is 3.90. The van der Waals surface area contributed by atoms with Crippen LogP contribution in [0.2, 0.25) is 0 Å². The van der Waals surface area contributed by atoms with E-state index in [2.05, 4.69) is 12.2 Å². The second-order valence-electron chi connectivity index (χ2n) is 2.16. The lowest BCUT2D eigenvalue weighted by Gasteiger charge is -1.95. The molecule has 0 fully saturated rings. The summed E-state index contributed by atoms with van der Waals surface area (Å²) in [6, 6.07) is 6.13. The average Bonchev–Trinajstić information content (AvgIpc) is 1.93. The summed E-state index contributed by atoms with van der Waals surface area (Å²) in [5.41, 5.74) is 0.936. The van der Waals surface area contributed by atoms with Gasteiger partial charge in [-0.3, -0.25) is 0 Å². The van der Waals surface area contributed by atoms with Crippen LogP contribution in [-0.4, -0.2) is 4.32 Å². The van der Waals surface area contributed by atoms with Gasteiger partial charge in [0, 0.05) is 6.42 Å². The zero-order chi connectivity index (χ0) is 8.27. The molecule has 1 aromatic carbocycles. The molecular weight excluding hydrogens is 183 g/mol. The van der Waals surface area contributed by atoms with Crippen LogP contribution in [0.5, 0.6) is 0 Å². The minimum absolute atomic E-state index is 0.241. The standard InChI is InChI=1S/C8H6ClFS/c9-8(11)5-6-1-3-7(10)4-2-6/h1-4H,5H2. The minimum Gasteiger partial charge on any atom is -0.207 e. The topological polar surface area (TPSA) is 0 Å². The summed E-state index contributed by atoms with van der Waals surface area (Å²) in [6.45, 7) is 0. The molecule has 0 unspecified atom stereocenters. The number of halogens is 2. The fraction of sp³-hybridized carbons (Fsp3) is 0.125. The minimum atomic E-state index is -0.241. The van der Waals surface area contributed by atoms with Crippen LogP contribution in [0, 0.1) is 5.82 Å². The Morgan fingerprint density at radius 3 is 2.36 bits per heavy atom. The smallest absolute Gasteiger partial charge is 0.123 e. The molecule has 58 valence electrons. The van der Waals surface area contributed by atoms with E-state index < -0.39 is 0 Å². The molecule has 0 aliphatic rings. The van der Waals surface area contributed by atoms with Gasteiger partial charge in [0.05, 0.1) is 4.32 Å². The zero-order valence-electron chi connectivity index (χ0n) is 5.68. The van der Waals surface area contributed by atoms with Crippen LogP contribution >= 0.6 is 23.8 Å². The van der Waals surface area contributed by atoms with E-state index in [1.165, 1.54) is 12.1 Å². The monoisotopic (exact) mass is 188 g/mol. The zero-order valence-corrected chi connectivity index (χ0v) is 7.25. The normalized spacial score (nSPS) is 9.64. The summed E-state index contributed by atoms with van der Waals surface area (Å²) in [4.78, 5) is 0. The Labute approximate surface area is 75.0 Å². The second-order valence-corrected chi connectivity index (χ2v) is 3.33. The third-order valence-electron chi connectivity index (χ3n) is 1.26. The maximum Gasteiger partial charge on any atom is 0.123 e. The molecule has 11 heavy (non-hydrogen) atoms. The molecule has 3 heteroatoms. The van der Waals surface area contributed by atoms with Crippen molar-refractivity contribution in [3.05, 3.63) is 35.6 Å². The molecule has 0 aliphatic carbocycles. The van der Waals surface area contributed by atoms with Crippen LogP contribution in [0.15, 0.2) is 24.3 Å². The predicted molar refractivity (Wildman–Crippen MR) is 48.6 cm³/mol. The van der Waals surface area contributed by atoms with Crippen molar-refractivity contribution in [2.75, 3.05) is 0 Å². The van der Waals surface area contributed by atoms with Gasteiger partial charge in [-0.15, -0.1) is 0 Å². The van der Waals surface area contributed by atoms with Gasteiger partial charge in [0.15, 0.2) is 0 Å². The molecule has 0 spiro atoms. The van der Waals surface area contributed by atoms with Crippen LogP contribution in [0.3, 0.4) is 0 Å². The molecule has 0 nitrogen and oxygen atoms in total. The van der Waals surface area contributed by atoms with Crippen LogP contribution in [-0.2, 0) is 6.42 Å². The highest BCUT2D eigenvalue weighted by atomic mass is 35.5. The SMILES string of the molecule is Fc1ccc(CC(=S)Cl)cc1. The van der Waals surface area contributed by atoms with Crippen molar-refractivity contribution in [3.63, 3.8) is 0 Å². The van der Waals surface area contributed by atoms with Gasteiger partial charge >= 0.3 is 0 Å². The van der Waals surface area contributed by atoms with Crippen molar-refractivity contribution in [1.29, 1.82) is 0 Å². The average molecular weight is 189 g/mol. The summed E-state index contributed by atoms with van der Waals surface area (Å²) < 4.78 is 12.8. The maximum absolute atomic E-state index is 12.4. The van der Waals surface area contributed by atoms with Crippen molar-refractivity contribution in [3.8, 4) is 0 Å². The van der Waals surface area contributed by atoms with Crippen LogP contribution in [0.25, 0.3) is 0 Å². The Morgan fingerprint density at radius 1 is 1.36 bits per heavy atom. The molecule has 0 atom stereocenters. The van der Waals surface area contributed by atoms with Gasteiger partial charge in [0.1, 0.15) is 5.82 Å². The first kappa shape index (κ1) is 8.62. The van der Waals surface area contributed by atoms with Gasteiger partial charge < -0.3 is 0 Å². The van der Waals surface area contributed by atoms with Gasteiger partial charge in [-0.1, -0.05) is 36.0 Å². The first-order valence-electron chi connectivity index (χ1n) is 3.11. The Balaban J connectivity index is 2.74. The summed E-state index contributed by atoms with van der Waals surface area (Å²) in [5, 5.41) is 0. The quantitative estimate of drug-likeness (QED) is 0.508. The van der Waals surface area contributed by atoms with E-state index in [0.717, 1.165) is 5.56 Å². The molecule has 0 heterocycles. The molecule has 1 aromatic rings. The molecule has 0 N–H and O–H groups in total. The van der Waals surface area contributed by atoms with Crippen LogP contribution in [0.4, 0.5) is 4.39 Å². The van der Waals surface area contributed by atoms with Crippen LogP contribution in [0.1, 0.15) is 5.56 Å². The highest BCUT2D eigenvalue weighted by Crippen LogP contribution is 2.05. The molecule has 0 radical (unpaired) electrons. The highest BCUT2D eigenvalue weighted by Gasteiger charge is 1.95. The van der Waals surface area contributed by atoms with Crippen molar-refractivity contribution in [2.45, 2.75) is 6.42 Å². The summed E-state index contributed by atoms with van der Waals surface area (Å²) in [5.74, 6) is -0.241. The van der Waals surface area contributed by atoms with Crippen molar-refractivity contribution in [1.82, 2.24) is 0 Å². The number of thiocarbonyl (C=S) groups is 1. The van der Waals surface area contributed by atoms with Crippen molar-refractivity contribution in [2.24, 2.45) is 0 Å². The Bertz CT molecular complexity index is 255. The molecule has 0 aliphatic heterocycles. The van der Waals surface area contributed by atoms with Crippen LogP contribution < -0.4 is 0 Å². The third-order valence-corrected chi connectivity index (χ3v) is 1.53. The van der Waals surface area contributed by atoms with E-state index >= 15 is 0 Å². The molecule has 0 saturated carbocycles. The van der Waals surface area contributed by atoms with Crippen molar-refractivity contribution >= 4 is 28.1 Å². The fourth-order valence-electron chi connectivity index (χ4n) is 0.763. The van der Waals surface area contributed by atoms with E-state index in [9.17, 15) is 4.39 Å². The summed E-state index contributed by atoms with van der Waals surface area (Å²) >= 11 is 10.2. The van der Waals surface area contributed by atoms with E-state index in [-0.39, 0.29) is 5.82 Å². The van der Waals surface area contributed by atoms with Gasteiger partial charge in [-0.05, 0) is 17.7 Å². The lowest BCUT2D eigenvalue weighted by molar-refractivity contribution is 0.627. The summed E-state index contributed by atoms with van der Waals surface area (Å²) in [7, 11) is 0. The second kappa shape index (κ2) is 3.79. The Morgan fingerprint density at radius 2 is 1.91 bits per heavy atom. The largest absolute Gasteiger partial charge is 0.207 e. The Hall–Kier alpha value is -0.470. The molecule has 0 amide bonds. The van der Waals surface area contributed by atoms with E-state index in [0.29, 0.717) is 10.7 Å². The highest BCUT2D eigenvalue weighted by molar-refractivity contribution is 7.83. The van der Waals surface area contributed by atoms with E-state index in [1.807, 2.05) is 0 Å². The van der Waals surface area contributed by atoms with E-state index in [4.69, 9.17) is 11.6 Å². The van der Waals surface area contributed by atoms with Gasteiger partial charge in [-0.25, -0.2) is 4.39 Å². The molecule has 0 bridgehead atoms. The molecular formula is C8H6ClFS. The maximum atomic E-state index is 12.4. The molecule has 0 aromatic heterocycles. The van der Waals surface area contributed by atoms with Gasteiger partial charge in [0.25, 0.3) is 0 Å². The predicted octanol–water partition coefficient (Wildman–Crippen LogP) is 2.93. The van der Waals surface area contributed by atoms with Gasteiger partial charge in [-0.2, -0.15) is 0 Å². The van der Waals surface area contributed by atoms with E-state index in [1.54, 1.807) is 12.1 Å². The third kappa shape index (κ3) is 2.95. The number of rotatable bonds is 2. The first-order chi connectivity index (χ1) is 5.18. The number of hydrogen-bond acceptors (Lipinski definition) is 1. The fourth-order valence-corrected chi connectivity index (χ4v) is 1.08. The molecule has 1 rings (SSSR count). The lowest BCUT2D eigenvalue weighted by atomic mass is 10.2. The van der Waals surface area contributed by atoms with Crippen molar-refractivity contribution < 1.29 is 4.39 Å². The summed E-state index contributed by atoms with van der Waals surface area (Å²) in [6.07, 6.45) is 0.525. The van der Waals surface area contributed by atoms with Gasteiger partial charge in [0.2, 0.25) is 0 Å². The number of benzene rings is 1. The molecule has 0 saturated heterocycles. The lowest BCUT2D eigenvalue weighted by Crippen LogP contribution is -1.90. The Kier molecular flexibility index (Phi) is 2.97.